The number of carbonyl (C=O) groups excluding carboxylic acids is 1. The zero-order chi connectivity index (χ0) is 40.0. The first-order valence-electron chi connectivity index (χ1n) is 19.0. The molecule has 2 saturated heterocycles. The van der Waals surface area contributed by atoms with E-state index in [1.807, 2.05) is 29.2 Å². The summed E-state index contributed by atoms with van der Waals surface area (Å²) in [4.78, 5) is 34.3. The third kappa shape index (κ3) is 8.82. The fourth-order valence-electron chi connectivity index (χ4n) is 7.44. The van der Waals surface area contributed by atoms with Crippen molar-refractivity contribution in [3.05, 3.63) is 54.9 Å². The summed E-state index contributed by atoms with van der Waals surface area (Å²) < 4.78 is 64.7. The van der Waals surface area contributed by atoms with Crippen LogP contribution < -0.4 is 14.5 Å². The van der Waals surface area contributed by atoms with Crippen molar-refractivity contribution >= 4 is 50.1 Å². The number of benzene rings is 2. The Bertz CT molecular complexity index is 2220. The highest BCUT2D eigenvalue weighted by Gasteiger charge is 2.44. The SMILES string of the molecule is C[C@@H](C(=O)O)N(CCS(=O)(=O)Nc1ccc(-c2cn(-c3cc(N4CCC(F)(F)CC4)c4ncccc4c3)nn2)c(N2CCC3(CC2)CC3)c1)C(=O)OC(C)(C)C. The fraction of sp³-hybridized carbons (Fsp3) is 0.513. The van der Waals surface area contributed by atoms with Gasteiger partial charge in [-0.1, -0.05) is 11.3 Å². The van der Waals surface area contributed by atoms with Crippen LogP contribution in [0.3, 0.4) is 0 Å². The van der Waals surface area contributed by atoms with Crippen molar-refractivity contribution in [3.8, 4) is 16.9 Å². The highest BCUT2D eigenvalue weighted by atomic mass is 32.2. The molecule has 3 fully saturated rings. The predicted octanol–water partition coefficient (Wildman–Crippen LogP) is 6.55. The van der Waals surface area contributed by atoms with Gasteiger partial charge in [0.2, 0.25) is 10.0 Å². The smallest absolute Gasteiger partial charge is 0.411 e. The van der Waals surface area contributed by atoms with Crippen molar-refractivity contribution in [2.24, 2.45) is 5.41 Å². The molecule has 4 heterocycles. The minimum atomic E-state index is -4.06. The van der Waals surface area contributed by atoms with Crippen LogP contribution in [0.2, 0.25) is 0 Å². The molecule has 1 spiro atoms. The lowest BCUT2D eigenvalue weighted by molar-refractivity contribution is -0.142. The van der Waals surface area contributed by atoms with Crippen LogP contribution in [0.4, 0.5) is 30.6 Å². The van der Waals surface area contributed by atoms with Gasteiger partial charge in [-0.2, -0.15) is 0 Å². The zero-order valence-electron chi connectivity index (χ0n) is 32.0. The molecule has 0 unspecified atom stereocenters. The number of hydrogen-bond acceptors (Lipinski definition) is 10. The summed E-state index contributed by atoms with van der Waals surface area (Å²) in [5.41, 5.74) is 4.02. The van der Waals surface area contributed by atoms with Crippen LogP contribution in [0, 0.1) is 5.41 Å². The highest BCUT2D eigenvalue weighted by Crippen LogP contribution is 2.54. The molecule has 4 aromatic rings. The largest absolute Gasteiger partial charge is 0.480 e. The molecule has 0 bridgehead atoms. The Kier molecular flexibility index (Phi) is 10.3. The van der Waals surface area contributed by atoms with Gasteiger partial charge in [-0.15, -0.1) is 5.10 Å². The van der Waals surface area contributed by atoms with Gasteiger partial charge in [0.15, 0.2) is 0 Å². The van der Waals surface area contributed by atoms with Crippen molar-refractivity contribution in [2.45, 2.75) is 83.8 Å². The van der Waals surface area contributed by atoms with E-state index in [9.17, 15) is 31.9 Å². The summed E-state index contributed by atoms with van der Waals surface area (Å²) in [6, 6.07) is 11.5. The number of pyridine rings is 1. The summed E-state index contributed by atoms with van der Waals surface area (Å²) in [5, 5.41) is 19.5. The van der Waals surface area contributed by atoms with E-state index in [1.54, 1.807) is 56.0 Å². The van der Waals surface area contributed by atoms with Gasteiger partial charge >= 0.3 is 12.1 Å². The van der Waals surface area contributed by atoms with E-state index >= 15 is 0 Å². The second-order valence-corrected chi connectivity index (χ2v) is 18.1. The first-order valence-corrected chi connectivity index (χ1v) is 20.6. The fourth-order valence-corrected chi connectivity index (χ4v) is 8.46. The minimum absolute atomic E-state index is 0.199. The molecule has 17 heteroatoms. The number of nitrogens with zero attached hydrogens (tertiary/aromatic N) is 7. The van der Waals surface area contributed by atoms with Gasteiger partial charge in [0.25, 0.3) is 5.92 Å². The molecule has 7 rings (SSSR count). The number of carbonyl (C=O) groups is 2. The molecule has 2 aliphatic heterocycles. The summed E-state index contributed by atoms with van der Waals surface area (Å²) in [6.45, 7) is 7.78. The maximum Gasteiger partial charge on any atom is 0.411 e. The summed E-state index contributed by atoms with van der Waals surface area (Å²) in [7, 11) is -4.06. The Balaban J connectivity index is 1.16. The number of aliphatic carboxylic acids is 1. The number of anilines is 3. The number of hydrogen-bond donors (Lipinski definition) is 2. The third-order valence-electron chi connectivity index (χ3n) is 11.0. The molecule has 3 aliphatic rings. The number of carboxylic acids is 1. The third-order valence-corrected chi connectivity index (χ3v) is 12.3. The number of amides is 1. The van der Waals surface area contributed by atoms with Crippen LogP contribution in [0.25, 0.3) is 27.8 Å². The number of alkyl halides is 2. The van der Waals surface area contributed by atoms with Gasteiger partial charge in [0.05, 0.1) is 34.5 Å². The number of rotatable bonds is 11. The van der Waals surface area contributed by atoms with E-state index in [0.717, 1.165) is 58.7 Å². The average molecular weight is 795 g/mol. The number of aromatic nitrogens is 4. The number of sulfonamides is 1. The normalized spacial score (nSPS) is 18.5. The number of ether oxygens (including phenoxy) is 1. The number of halogens is 2. The Hall–Kier alpha value is -5.06. The van der Waals surface area contributed by atoms with Crippen LogP contribution in [-0.4, -0.2) is 107 Å². The van der Waals surface area contributed by atoms with Crippen LogP contribution >= 0.6 is 0 Å². The number of fused-ring (bicyclic) bond motifs is 1. The van der Waals surface area contributed by atoms with E-state index in [0.29, 0.717) is 22.5 Å². The van der Waals surface area contributed by atoms with Crippen LogP contribution in [-0.2, 0) is 19.6 Å². The molecule has 300 valence electrons. The van der Waals surface area contributed by atoms with E-state index in [4.69, 9.17) is 4.74 Å². The van der Waals surface area contributed by atoms with Gasteiger partial charge < -0.3 is 19.6 Å². The van der Waals surface area contributed by atoms with Crippen molar-refractivity contribution < 1.29 is 36.6 Å². The molecule has 14 nitrogen and oxygen atoms in total. The second-order valence-electron chi connectivity index (χ2n) is 16.3. The highest BCUT2D eigenvalue weighted by molar-refractivity contribution is 7.92. The number of piperidine rings is 2. The monoisotopic (exact) mass is 794 g/mol. The summed E-state index contributed by atoms with van der Waals surface area (Å²) in [6.07, 6.45) is 6.57. The minimum Gasteiger partial charge on any atom is -0.480 e. The van der Waals surface area contributed by atoms with Crippen molar-refractivity contribution in [1.82, 2.24) is 24.9 Å². The second kappa shape index (κ2) is 14.8. The summed E-state index contributed by atoms with van der Waals surface area (Å²) >= 11 is 0. The molecular formula is C39H48F2N8O6S. The molecule has 1 amide bonds. The van der Waals surface area contributed by atoms with Gasteiger partial charge in [0, 0.05) is 68.4 Å². The molecule has 1 aliphatic carbocycles. The Morgan fingerprint density at radius 2 is 1.66 bits per heavy atom. The topological polar surface area (TPSA) is 163 Å². The quantitative estimate of drug-likeness (QED) is 0.169. The molecule has 2 aromatic heterocycles. The van der Waals surface area contributed by atoms with Crippen LogP contribution in [0.15, 0.2) is 54.9 Å². The standard InChI is InChI=1S/C39H48F2N8O6S/c1-26(35(50)51)48(36(52)55-37(2,3)4)20-21-56(53,54)44-28-7-8-30(32(23-28)46-16-11-38(9-10-38)12-17-46)31-25-49(45-43-31)29-22-27-6-5-15-42-34(27)33(24-29)47-18-13-39(40,41)14-19-47/h5-8,15,22-26,44H,9-14,16-21H2,1-4H3,(H,50,51)/t26-/m0/s1. The van der Waals surface area contributed by atoms with E-state index in [-0.39, 0.29) is 25.9 Å². The number of carboxylic acid groups (broad SMARTS) is 1. The van der Waals surface area contributed by atoms with Crippen molar-refractivity contribution in [3.63, 3.8) is 0 Å². The molecule has 1 atom stereocenters. The summed E-state index contributed by atoms with van der Waals surface area (Å²) in [5.74, 6) is -4.55. The van der Waals surface area contributed by atoms with E-state index in [2.05, 4.69) is 24.9 Å². The van der Waals surface area contributed by atoms with E-state index in [1.165, 1.54) is 19.8 Å². The lowest BCUT2D eigenvalue weighted by Crippen LogP contribution is -2.47. The van der Waals surface area contributed by atoms with Gasteiger partial charge in [-0.25, -0.2) is 31.5 Å². The molecule has 2 N–H and O–H groups in total. The zero-order valence-corrected chi connectivity index (χ0v) is 32.9. The Morgan fingerprint density at radius 1 is 0.982 bits per heavy atom. The molecule has 1 saturated carbocycles. The van der Waals surface area contributed by atoms with Crippen LogP contribution in [0.1, 0.15) is 66.2 Å². The van der Waals surface area contributed by atoms with Crippen molar-refractivity contribution in [2.75, 3.05) is 53.0 Å². The van der Waals surface area contributed by atoms with Gasteiger partial charge in [-0.3, -0.25) is 14.6 Å². The van der Waals surface area contributed by atoms with Crippen LogP contribution in [0.5, 0.6) is 0 Å². The molecular weight excluding hydrogens is 747 g/mol. The Morgan fingerprint density at radius 3 is 2.32 bits per heavy atom. The first-order chi connectivity index (χ1) is 26.4. The lowest BCUT2D eigenvalue weighted by Gasteiger charge is -2.35. The van der Waals surface area contributed by atoms with Gasteiger partial charge in [0.1, 0.15) is 17.3 Å². The molecule has 56 heavy (non-hydrogen) atoms. The molecule has 2 aromatic carbocycles. The van der Waals surface area contributed by atoms with Crippen molar-refractivity contribution in [1.29, 1.82) is 0 Å². The van der Waals surface area contributed by atoms with E-state index < -0.39 is 51.9 Å². The maximum absolute atomic E-state index is 14.1. The first kappa shape index (κ1) is 39.2. The maximum atomic E-state index is 14.1. The Labute approximate surface area is 324 Å². The molecule has 0 radical (unpaired) electrons. The lowest BCUT2D eigenvalue weighted by atomic mass is 9.93. The van der Waals surface area contributed by atoms with Gasteiger partial charge in [-0.05, 0) is 95.2 Å². The number of nitrogens with one attached hydrogen (secondary N) is 1. The predicted molar refractivity (Wildman–Crippen MR) is 209 cm³/mol. The average Bonchev–Trinajstić information content (AvgIpc) is 3.70.